The number of nitrogens with zero attached hydrogens (tertiary/aromatic N) is 1. The highest BCUT2D eigenvalue weighted by Gasteiger charge is 2.13. The lowest BCUT2D eigenvalue weighted by atomic mass is 10.2. The lowest BCUT2D eigenvalue weighted by molar-refractivity contribution is 0.0977. The number of hydrogen-bond acceptors (Lipinski definition) is 5. The number of fused-ring (bicyclic) bond motifs is 1. The highest BCUT2D eigenvalue weighted by molar-refractivity contribution is 7.80. The second-order valence-electron chi connectivity index (χ2n) is 6.13. The molecule has 1 heterocycles. The summed E-state index contributed by atoms with van der Waals surface area (Å²) in [5.41, 5.74) is 2.71. The van der Waals surface area contributed by atoms with Gasteiger partial charge in [0, 0.05) is 22.3 Å². The van der Waals surface area contributed by atoms with Crippen LogP contribution in [0, 0.1) is 0 Å². The van der Waals surface area contributed by atoms with E-state index in [0.29, 0.717) is 38.8 Å². The monoisotopic (exact) mass is 441 g/mol. The third-order valence-corrected chi connectivity index (χ3v) is 4.57. The van der Waals surface area contributed by atoms with Gasteiger partial charge in [-0.05, 0) is 60.7 Å². The van der Waals surface area contributed by atoms with Crippen molar-refractivity contribution in [3.8, 4) is 17.2 Å². The minimum absolute atomic E-state index is 0. The van der Waals surface area contributed by atoms with E-state index in [9.17, 15) is 9.90 Å². The minimum Gasteiger partial charge on any atom is -0.507 e. The summed E-state index contributed by atoms with van der Waals surface area (Å²) in [5, 5.41) is 16.5. The number of phenolic OH excluding ortho intramolecular Hbond substituents is 1. The summed E-state index contributed by atoms with van der Waals surface area (Å²) in [4.78, 5) is 16.6. The fourth-order valence-electron chi connectivity index (χ4n) is 2.72. The number of aromatic nitrogens is 1. The second-order valence-corrected chi connectivity index (χ2v) is 6.98. The topological polar surface area (TPSA) is 119 Å². The van der Waals surface area contributed by atoms with Gasteiger partial charge in [-0.25, -0.2) is 4.98 Å². The van der Waals surface area contributed by atoms with Gasteiger partial charge in [0.05, 0.1) is 5.56 Å². The van der Waals surface area contributed by atoms with Crippen LogP contribution in [0.3, 0.4) is 0 Å². The third kappa shape index (κ3) is 4.57. The Bertz CT molecular complexity index is 1190. The maximum absolute atomic E-state index is 12.2. The number of carbonyl (C=O) groups excluding carboxylic acids is 1. The van der Waals surface area contributed by atoms with Crippen LogP contribution in [0.25, 0.3) is 22.6 Å². The number of amides is 1. The molecule has 1 aromatic heterocycles. The summed E-state index contributed by atoms with van der Waals surface area (Å²) in [7, 11) is 0. The Morgan fingerprint density at radius 3 is 2.50 bits per heavy atom. The first-order chi connectivity index (χ1) is 14.0. The van der Waals surface area contributed by atoms with Gasteiger partial charge in [-0.1, -0.05) is 23.7 Å². The molecule has 0 atom stereocenters. The summed E-state index contributed by atoms with van der Waals surface area (Å²) >= 11 is 11.0. The summed E-state index contributed by atoms with van der Waals surface area (Å²) in [6, 6.07) is 18.6. The van der Waals surface area contributed by atoms with Gasteiger partial charge in [0.25, 0.3) is 5.91 Å². The zero-order valence-corrected chi connectivity index (χ0v) is 16.9. The molecule has 0 bridgehead atoms. The molecule has 4 aromatic rings. The van der Waals surface area contributed by atoms with Crippen LogP contribution in [0.4, 0.5) is 5.69 Å². The standard InChI is InChI=1S/C21H14ClN3O3S.H2O/c22-13-7-5-12(6-8-13)19(27)25-21(29)23-14-9-10-15(17(26)11-14)20-24-16-3-1-2-4-18(16)28-20;/h1-11,26H,(H2,23,25,27,29);1H2. The summed E-state index contributed by atoms with van der Waals surface area (Å²) in [6.45, 7) is 0. The molecule has 3 aromatic carbocycles. The fourth-order valence-corrected chi connectivity index (χ4v) is 3.05. The smallest absolute Gasteiger partial charge is 0.257 e. The van der Waals surface area contributed by atoms with Crippen LogP contribution in [0.15, 0.2) is 71.1 Å². The summed E-state index contributed by atoms with van der Waals surface area (Å²) in [6.07, 6.45) is 0. The van der Waals surface area contributed by atoms with Gasteiger partial charge in [-0.15, -0.1) is 0 Å². The van der Waals surface area contributed by atoms with Crippen LogP contribution >= 0.6 is 23.8 Å². The Morgan fingerprint density at radius 1 is 1.07 bits per heavy atom. The fraction of sp³-hybridized carbons (Fsp3) is 0. The number of halogens is 1. The molecular formula is C21H16ClN3O4S. The van der Waals surface area contributed by atoms with Crippen molar-refractivity contribution in [1.29, 1.82) is 0 Å². The molecule has 30 heavy (non-hydrogen) atoms. The van der Waals surface area contributed by atoms with Crippen LogP contribution in [0.2, 0.25) is 5.02 Å². The predicted octanol–water partition coefficient (Wildman–Crippen LogP) is 4.16. The average Bonchev–Trinajstić information content (AvgIpc) is 3.12. The van der Waals surface area contributed by atoms with Gasteiger partial charge in [0.2, 0.25) is 5.89 Å². The molecule has 0 radical (unpaired) electrons. The van der Waals surface area contributed by atoms with Gasteiger partial charge in [0.15, 0.2) is 10.7 Å². The Kier molecular flexibility index (Phi) is 6.31. The van der Waals surface area contributed by atoms with Crippen molar-refractivity contribution in [3.63, 3.8) is 0 Å². The quantitative estimate of drug-likeness (QED) is 0.411. The number of phenols is 1. The SMILES string of the molecule is O.O=C(NC(=S)Nc1ccc(-c2nc3ccccc3o2)c(O)c1)c1ccc(Cl)cc1. The lowest BCUT2D eigenvalue weighted by Gasteiger charge is -2.11. The molecule has 0 unspecified atom stereocenters. The van der Waals surface area contributed by atoms with Crippen molar-refractivity contribution in [2.24, 2.45) is 0 Å². The molecule has 1 amide bonds. The van der Waals surface area contributed by atoms with Crippen LogP contribution in [-0.4, -0.2) is 26.6 Å². The van der Waals surface area contributed by atoms with Crippen LogP contribution in [0.5, 0.6) is 5.75 Å². The molecule has 0 fully saturated rings. The molecule has 0 spiro atoms. The number of rotatable bonds is 3. The van der Waals surface area contributed by atoms with Crippen LogP contribution in [-0.2, 0) is 0 Å². The van der Waals surface area contributed by atoms with Crippen molar-refractivity contribution in [1.82, 2.24) is 10.3 Å². The van der Waals surface area contributed by atoms with E-state index in [1.54, 1.807) is 42.5 Å². The minimum atomic E-state index is -0.369. The number of hydrogen-bond donors (Lipinski definition) is 3. The van der Waals surface area contributed by atoms with E-state index in [0.717, 1.165) is 0 Å². The van der Waals surface area contributed by atoms with Gasteiger partial charge < -0.3 is 20.3 Å². The molecular weight excluding hydrogens is 426 g/mol. The number of para-hydroxylation sites is 2. The third-order valence-electron chi connectivity index (χ3n) is 4.11. The van der Waals surface area contributed by atoms with Crippen molar-refractivity contribution >= 4 is 51.6 Å². The molecule has 5 N–H and O–H groups in total. The first kappa shape index (κ1) is 21.3. The van der Waals surface area contributed by atoms with Crippen molar-refractivity contribution in [2.75, 3.05) is 5.32 Å². The lowest BCUT2D eigenvalue weighted by Crippen LogP contribution is -2.34. The highest BCUT2D eigenvalue weighted by Crippen LogP contribution is 2.33. The Morgan fingerprint density at radius 2 is 1.80 bits per heavy atom. The van der Waals surface area contributed by atoms with Gasteiger partial charge >= 0.3 is 0 Å². The predicted molar refractivity (Wildman–Crippen MR) is 120 cm³/mol. The summed E-state index contributed by atoms with van der Waals surface area (Å²) in [5.74, 6) is -0.0891. The largest absolute Gasteiger partial charge is 0.507 e. The molecule has 4 rings (SSSR count). The maximum Gasteiger partial charge on any atom is 0.257 e. The second kappa shape index (κ2) is 8.91. The van der Waals surface area contributed by atoms with E-state index in [4.69, 9.17) is 28.2 Å². The summed E-state index contributed by atoms with van der Waals surface area (Å²) < 4.78 is 5.68. The molecule has 7 nitrogen and oxygen atoms in total. The van der Waals surface area contributed by atoms with E-state index in [-0.39, 0.29) is 22.2 Å². The molecule has 0 aliphatic heterocycles. The molecule has 9 heteroatoms. The normalized spacial score (nSPS) is 10.3. The van der Waals surface area contributed by atoms with E-state index < -0.39 is 0 Å². The van der Waals surface area contributed by atoms with E-state index in [2.05, 4.69) is 15.6 Å². The van der Waals surface area contributed by atoms with E-state index in [1.165, 1.54) is 6.07 Å². The number of carbonyl (C=O) groups is 1. The van der Waals surface area contributed by atoms with Gasteiger partial charge in [0.1, 0.15) is 11.3 Å². The Labute approximate surface area is 181 Å². The Balaban J connectivity index is 0.00000256. The van der Waals surface area contributed by atoms with Crippen molar-refractivity contribution in [3.05, 3.63) is 77.3 Å². The number of oxazole rings is 1. The van der Waals surface area contributed by atoms with Gasteiger partial charge in [-0.3, -0.25) is 10.1 Å². The molecule has 0 saturated heterocycles. The average molecular weight is 442 g/mol. The molecule has 0 aliphatic rings. The first-order valence-electron chi connectivity index (χ1n) is 8.56. The van der Waals surface area contributed by atoms with Crippen LogP contribution < -0.4 is 10.6 Å². The van der Waals surface area contributed by atoms with Crippen molar-refractivity contribution in [2.45, 2.75) is 0 Å². The van der Waals surface area contributed by atoms with E-state index >= 15 is 0 Å². The first-order valence-corrected chi connectivity index (χ1v) is 9.35. The number of aromatic hydroxyl groups is 1. The Hall–Kier alpha value is -3.46. The zero-order valence-electron chi connectivity index (χ0n) is 15.3. The molecule has 0 aliphatic carbocycles. The molecule has 152 valence electrons. The van der Waals surface area contributed by atoms with Crippen LogP contribution in [0.1, 0.15) is 10.4 Å². The highest BCUT2D eigenvalue weighted by atomic mass is 35.5. The number of nitrogens with one attached hydrogen (secondary N) is 2. The van der Waals surface area contributed by atoms with Crippen molar-refractivity contribution < 1.29 is 19.8 Å². The zero-order chi connectivity index (χ0) is 20.4. The number of benzene rings is 3. The van der Waals surface area contributed by atoms with E-state index in [1.807, 2.05) is 18.2 Å². The number of anilines is 1. The van der Waals surface area contributed by atoms with Gasteiger partial charge in [-0.2, -0.15) is 0 Å². The molecule has 0 saturated carbocycles. The maximum atomic E-state index is 12.2. The number of thiocarbonyl (C=S) groups is 1.